The van der Waals surface area contributed by atoms with E-state index in [2.05, 4.69) is 24.0 Å². The second kappa shape index (κ2) is 25.3. The molecular weight excluding hydrogens is 1200 g/mol. The lowest BCUT2D eigenvalue weighted by Crippen LogP contribution is -2.65. The molecule has 2 atom stereocenters. The molecule has 5 aromatic rings. The molecule has 0 N–H and O–H groups in total. The number of hydrogen-bond acceptors (Lipinski definition) is 9. The summed E-state index contributed by atoms with van der Waals surface area (Å²) in [4.78, 5) is 90.5. The minimum Gasteiger partial charge on any atom is -0.354 e. The number of amides is 5. The third kappa shape index (κ3) is 11.8. The van der Waals surface area contributed by atoms with Crippen molar-refractivity contribution in [2.24, 2.45) is 4.99 Å². The molecule has 2 saturated heterocycles. The number of imidazole rings is 2. The minimum atomic E-state index is -4.19. The molecule has 4 aliphatic carbocycles. The highest BCUT2D eigenvalue weighted by molar-refractivity contribution is 6.13. The van der Waals surface area contributed by atoms with Crippen LogP contribution in [0, 0.1) is 0 Å². The van der Waals surface area contributed by atoms with E-state index in [0.717, 1.165) is 158 Å². The lowest BCUT2D eigenvalue weighted by molar-refractivity contribution is -0.143. The summed E-state index contributed by atoms with van der Waals surface area (Å²) in [5, 5.41) is 0. The number of carbonyl (C=O) groups is 5. The topological polar surface area (TPSA) is 153 Å². The zero-order valence-electron chi connectivity index (χ0n) is 53.7. The summed E-state index contributed by atoms with van der Waals surface area (Å²) in [7, 11) is 0. The highest BCUT2D eigenvalue weighted by atomic mass is 19.4. The molecule has 5 amide bonds. The Bertz CT molecular complexity index is 3720. The van der Waals surface area contributed by atoms with Crippen molar-refractivity contribution >= 4 is 52.4 Å². The van der Waals surface area contributed by atoms with Gasteiger partial charge in [0.1, 0.15) is 28.3 Å². The van der Waals surface area contributed by atoms with Crippen LogP contribution in [-0.4, -0.2) is 133 Å². The van der Waals surface area contributed by atoms with Crippen molar-refractivity contribution in [2.45, 2.75) is 222 Å². The number of hydrogen-bond donors (Lipinski definition) is 0. The first-order valence-corrected chi connectivity index (χ1v) is 34.0. The Morgan fingerprint density at radius 3 is 1.37 bits per heavy atom. The lowest BCUT2D eigenvalue weighted by atomic mass is 9.65. The van der Waals surface area contributed by atoms with Crippen molar-refractivity contribution in [3.8, 4) is 0 Å². The van der Waals surface area contributed by atoms with Gasteiger partial charge in [0, 0.05) is 101 Å². The van der Waals surface area contributed by atoms with Crippen molar-refractivity contribution in [3.05, 3.63) is 124 Å². The number of amidine groups is 1. The van der Waals surface area contributed by atoms with Crippen LogP contribution in [0.4, 0.5) is 43.4 Å². The van der Waals surface area contributed by atoms with Crippen LogP contribution in [0.3, 0.4) is 0 Å². The molecule has 3 spiro atoms. The summed E-state index contributed by atoms with van der Waals surface area (Å²) in [6.07, 6.45) is 7.50. The van der Waals surface area contributed by atoms with Gasteiger partial charge in [-0.25, -0.2) is 9.97 Å². The Morgan fingerprint density at radius 2 is 0.935 bits per heavy atom. The highest BCUT2D eigenvalue weighted by Gasteiger charge is 2.61. The third-order valence-corrected chi connectivity index (χ3v) is 21.7. The van der Waals surface area contributed by atoms with Gasteiger partial charge in [0.2, 0.25) is 29.5 Å². The first-order valence-electron chi connectivity index (χ1n) is 34.0. The van der Waals surface area contributed by atoms with Gasteiger partial charge in [-0.1, -0.05) is 87.2 Å². The van der Waals surface area contributed by atoms with Crippen molar-refractivity contribution in [2.75, 3.05) is 54.0 Å². The Hall–Kier alpha value is -7.52. The predicted octanol–water partition coefficient (Wildman–Crippen LogP) is 11.8. The van der Waals surface area contributed by atoms with Crippen LogP contribution < -0.4 is 14.7 Å². The van der Waals surface area contributed by atoms with Gasteiger partial charge in [-0.15, -0.1) is 0 Å². The Morgan fingerprint density at radius 1 is 0.516 bits per heavy atom. The number of rotatable bonds is 15. The van der Waals surface area contributed by atoms with E-state index >= 15 is 0 Å². The van der Waals surface area contributed by atoms with E-state index in [-0.39, 0.29) is 55.5 Å². The number of alkyl halides is 6. The normalized spacial score (nSPS) is 21.6. The molecule has 2 unspecified atom stereocenters. The van der Waals surface area contributed by atoms with Crippen molar-refractivity contribution in [3.63, 3.8) is 0 Å². The SMILES string of the molecule is CC(=O)N1CC2(C1)C(=O)N(Cc1nc3c(n1CCCC(F)(F)F)CCCC3)c1ccccc12.CCCCN1C(CN2C(=O)C3(CN(C(C)=O)C3)c3ccccc32)=NC2CCCCC21.O=C1N(Cc2nc3c(n2CCCC(F)(F)F)CCCC3)c2ccccc2C12CCC2. The number of likely N-dealkylation sites (tertiary alicyclic amines) is 2. The number of aliphatic imine (C=N–C) groups is 1. The molecule has 10 aliphatic rings. The van der Waals surface area contributed by atoms with Crippen LogP contribution in [-0.2, 0) is 92.1 Å². The zero-order valence-corrected chi connectivity index (χ0v) is 53.7. The number of benzene rings is 3. The lowest BCUT2D eigenvalue weighted by Gasteiger charge is -2.46. The largest absolute Gasteiger partial charge is 0.389 e. The van der Waals surface area contributed by atoms with Gasteiger partial charge in [-0.05, 0) is 131 Å². The van der Waals surface area contributed by atoms with E-state index in [4.69, 9.17) is 15.0 Å². The fraction of sp³-hybridized carbons (Fsp3) is 0.577. The Kier molecular flexibility index (Phi) is 17.5. The number of anilines is 3. The summed E-state index contributed by atoms with van der Waals surface area (Å²) in [6.45, 7) is 9.66. The van der Waals surface area contributed by atoms with Crippen LogP contribution in [0.5, 0.6) is 0 Å². The number of fused-ring (bicyclic) bond motifs is 9. The average molecular weight is 1290 g/mol. The van der Waals surface area contributed by atoms with Crippen LogP contribution in [0.25, 0.3) is 0 Å². The van der Waals surface area contributed by atoms with Gasteiger partial charge in [-0.3, -0.25) is 29.0 Å². The first-order chi connectivity index (χ1) is 44.6. The number of nitrogens with zero attached hydrogens (tertiary/aromatic N) is 11. The molecule has 6 aliphatic heterocycles. The number of unbranched alkanes of at least 4 members (excludes halogenated alkanes) is 1. The standard InChI is InChI=1S/C24H27F3N4O2.C24H32N4O2.C23H26F3N3O/c1-16(32)29-14-23(15-29)17-7-2-4-9-19(17)31(22(23)33)13-21-28-18-8-3-5-10-20(18)30(21)12-6-11-24(25,26)27;1-3-4-13-27-21-12-8-6-10-19(21)25-22(27)14-28-20-11-7-5-9-18(20)24(23(28)30)15-26(16-24)17(2)29;24-23(25,26)13-6-14-28-19-10-4-2-8-17(19)27-20(28)15-29-18-9-3-1-7-16(18)22(21(29)30)11-5-12-22/h2,4,7,9H,3,5-6,8,10-15H2,1H3;5,7,9,11,19,21H,3-4,6,8,10,12-16H2,1-2H3;1,3,7,9H,2,4-6,8,10-15H2. The smallest absolute Gasteiger partial charge is 0.354 e. The number of aromatic nitrogens is 4. The van der Waals surface area contributed by atoms with Crippen LogP contribution in [0.15, 0.2) is 77.8 Å². The average Bonchev–Trinajstić information content (AvgIpc) is 1.58. The molecule has 0 bridgehead atoms. The van der Waals surface area contributed by atoms with Gasteiger partial charge in [0.15, 0.2) is 0 Å². The molecule has 22 heteroatoms. The second-order valence-corrected chi connectivity index (χ2v) is 27.6. The quantitative estimate of drug-likeness (QED) is 0.0939. The fourth-order valence-electron chi connectivity index (χ4n) is 16.7. The Labute approximate surface area is 539 Å². The molecule has 15 rings (SSSR count). The predicted molar refractivity (Wildman–Crippen MR) is 341 cm³/mol. The van der Waals surface area contributed by atoms with E-state index < -0.39 is 41.4 Å². The monoisotopic (exact) mass is 1290 g/mol. The molecule has 2 saturated carbocycles. The van der Waals surface area contributed by atoms with E-state index in [1.165, 1.54) is 32.6 Å². The van der Waals surface area contributed by atoms with Gasteiger partial charge < -0.3 is 38.5 Å². The maximum absolute atomic E-state index is 13.7. The van der Waals surface area contributed by atoms with Crippen LogP contribution >= 0.6 is 0 Å². The van der Waals surface area contributed by atoms with E-state index in [1.807, 2.05) is 79.6 Å². The van der Waals surface area contributed by atoms with E-state index in [1.54, 1.807) is 21.6 Å². The number of carbonyl (C=O) groups excluding carboxylic acids is 5. The summed E-state index contributed by atoms with van der Waals surface area (Å²) in [6, 6.07) is 24.6. The molecule has 496 valence electrons. The van der Waals surface area contributed by atoms with Crippen LogP contribution in [0.2, 0.25) is 0 Å². The van der Waals surface area contributed by atoms with Gasteiger partial charge >= 0.3 is 12.4 Å². The zero-order chi connectivity index (χ0) is 65.2. The molecule has 3 aromatic carbocycles. The molecule has 8 heterocycles. The van der Waals surface area contributed by atoms with E-state index in [9.17, 15) is 50.3 Å². The van der Waals surface area contributed by atoms with Crippen molar-refractivity contribution in [1.29, 1.82) is 0 Å². The molecular formula is C71H85F6N11O5. The first kappa shape index (κ1) is 64.2. The Balaban J connectivity index is 0.000000127. The fourth-order valence-corrected chi connectivity index (χ4v) is 16.7. The summed E-state index contributed by atoms with van der Waals surface area (Å²) < 4.78 is 80.4. The van der Waals surface area contributed by atoms with Gasteiger partial charge in [0.25, 0.3) is 0 Å². The maximum atomic E-state index is 13.7. The molecule has 4 fully saturated rings. The number of halogens is 6. The number of aryl methyl sites for hydroxylation is 2. The molecule has 16 nitrogen and oxygen atoms in total. The van der Waals surface area contributed by atoms with Gasteiger partial charge in [0.05, 0.1) is 48.5 Å². The van der Waals surface area contributed by atoms with Crippen molar-refractivity contribution in [1.82, 2.24) is 33.8 Å². The van der Waals surface area contributed by atoms with E-state index in [0.29, 0.717) is 63.7 Å². The maximum Gasteiger partial charge on any atom is 0.389 e. The highest BCUT2D eigenvalue weighted by Crippen LogP contribution is 2.54. The second-order valence-electron chi connectivity index (χ2n) is 27.6. The summed E-state index contributed by atoms with van der Waals surface area (Å²) in [5.41, 5.74) is 8.14. The summed E-state index contributed by atoms with van der Waals surface area (Å²) in [5.74, 6) is 2.63. The third-order valence-electron chi connectivity index (χ3n) is 21.7. The number of para-hydroxylation sites is 3. The minimum absolute atomic E-state index is 0.0126. The summed E-state index contributed by atoms with van der Waals surface area (Å²) >= 11 is 0. The van der Waals surface area contributed by atoms with Crippen molar-refractivity contribution < 1.29 is 50.3 Å². The van der Waals surface area contributed by atoms with Crippen LogP contribution in [0.1, 0.15) is 181 Å². The molecule has 2 aromatic heterocycles. The molecule has 0 radical (unpaired) electrons. The molecule has 93 heavy (non-hydrogen) atoms. The van der Waals surface area contributed by atoms with Gasteiger partial charge in [-0.2, -0.15) is 26.3 Å².